The highest BCUT2D eigenvalue weighted by molar-refractivity contribution is 5.71. The Bertz CT molecular complexity index is 251. The predicted octanol–water partition coefficient (Wildman–Crippen LogP) is 1.41. The molecule has 0 spiro atoms. The lowest BCUT2D eigenvalue weighted by molar-refractivity contribution is -0.258. The molecule has 1 aliphatic carbocycles. The van der Waals surface area contributed by atoms with Crippen molar-refractivity contribution >= 4 is 5.97 Å². The summed E-state index contributed by atoms with van der Waals surface area (Å²) in [7, 11) is 0. The van der Waals surface area contributed by atoms with Gasteiger partial charge >= 0.3 is 12.1 Å². The Morgan fingerprint density at radius 3 is 2.14 bits per heavy atom. The van der Waals surface area contributed by atoms with Crippen molar-refractivity contribution in [3.8, 4) is 0 Å². The van der Waals surface area contributed by atoms with Crippen LogP contribution in [0.25, 0.3) is 0 Å². The molecular weight excluding hydrogens is 201 g/mol. The van der Waals surface area contributed by atoms with Gasteiger partial charge in [-0.2, -0.15) is 13.2 Å². The summed E-state index contributed by atoms with van der Waals surface area (Å²) >= 11 is 0. The number of carboxylic acids is 1. The average molecular weight is 212 g/mol. The molecule has 3 nitrogen and oxygen atoms in total. The number of halogens is 3. The first kappa shape index (κ1) is 11.3. The second-order valence-electron chi connectivity index (χ2n) is 3.86. The van der Waals surface area contributed by atoms with Crippen molar-refractivity contribution in [3.05, 3.63) is 0 Å². The topological polar surface area (TPSA) is 57.5 Å². The molecule has 0 radical (unpaired) electrons. The van der Waals surface area contributed by atoms with E-state index in [1.165, 1.54) is 6.92 Å². The van der Waals surface area contributed by atoms with Crippen molar-refractivity contribution in [2.45, 2.75) is 31.5 Å². The first-order valence-electron chi connectivity index (χ1n) is 4.19. The van der Waals surface area contributed by atoms with Crippen molar-refractivity contribution < 1.29 is 28.2 Å². The van der Waals surface area contributed by atoms with Crippen molar-refractivity contribution in [2.24, 2.45) is 11.8 Å². The number of hydrogen-bond acceptors (Lipinski definition) is 2. The number of hydrogen-bond donors (Lipinski definition) is 2. The zero-order chi connectivity index (χ0) is 11.1. The zero-order valence-corrected chi connectivity index (χ0v) is 7.51. The van der Waals surface area contributed by atoms with E-state index in [1.54, 1.807) is 0 Å². The van der Waals surface area contributed by atoms with E-state index in [0.717, 1.165) is 0 Å². The summed E-state index contributed by atoms with van der Waals surface area (Å²) in [5, 5.41) is 17.8. The number of carbonyl (C=O) groups is 1. The van der Waals surface area contributed by atoms with E-state index < -0.39 is 42.4 Å². The molecule has 1 aliphatic rings. The molecule has 2 N–H and O–H groups in total. The van der Waals surface area contributed by atoms with Crippen molar-refractivity contribution in [3.63, 3.8) is 0 Å². The third-order valence-electron chi connectivity index (χ3n) is 2.75. The summed E-state index contributed by atoms with van der Waals surface area (Å²) < 4.78 is 36.9. The second-order valence-corrected chi connectivity index (χ2v) is 3.86. The fraction of sp³-hybridized carbons (Fsp3) is 0.875. The van der Waals surface area contributed by atoms with Crippen LogP contribution in [0, 0.1) is 11.8 Å². The number of rotatable bonds is 1. The smallest absolute Gasteiger partial charge is 0.417 e. The Balaban J connectivity index is 2.86. The van der Waals surface area contributed by atoms with Crippen molar-refractivity contribution in [1.29, 1.82) is 0 Å². The van der Waals surface area contributed by atoms with Crippen LogP contribution < -0.4 is 0 Å². The standard InChI is InChI=1S/C8H11F3O3/c1-4-2-7(14,8(9,10)11)3-5(4)6(12)13/h4-5,14H,2-3H2,1H3,(H,12,13)/t4-,5-,7?/m0/s1. The summed E-state index contributed by atoms with van der Waals surface area (Å²) in [4.78, 5) is 10.5. The Morgan fingerprint density at radius 2 is 1.93 bits per heavy atom. The van der Waals surface area contributed by atoms with Gasteiger partial charge in [-0.05, 0) is 18.8 Å². The maximum Gasteiger partial charge on any atom is 0.417 e. The summed E-state index contributed by atoms with van der Waals surface area (Å²) in [6.07, 6.45) is -6.02. The fourth-order valence-electron chi connectivity index (χ4n) is 1.89. The van der Waals surface area contributed by atoms with Crippen LogP contribution in [0.5, 0.6) is 0 Å². The number of carboxylic acid groups (broad SMARTS) is 1. The van der Waals surface area contributed by atoms with Crippen molar-refractivity contribution in [1.82, 2.24) is 0 Å². The molecule has 1 rings (SSSR count). The minimum atomic E-state index is -4.74. The minimum Gasteiger partial charge on any atom is -0.481 e. The van der Waals surface area contributed by atoms with Crippen LogP contribution in [0.3, 0.4) is 0 Å². The highest BCUT2D eigenvalue weighted by Crippen LogP contribution is 2.48. The normalized spacial score (nSPS) is 38.6. The highest BCUT2D eigenvalue weighted by Gasteiger charge is 2.60. The Hall–Kier alpha value is -0.780. The van der Waals surface area contributed by atoms with Crippen LogP contribution in [-0.2, 0) is 4.79 Å². The van der Waals surface area contributed by atoms with E-state index in [4.69, 9.17) is 5.11 Å². The third-order valence-corrected chi connectivity index (χ3v) is 2.75. The van der Waals surface area contributed by atoms with Gasteiger partial charge in [-0.25, -0.2) is 0 Å². The van der Waals surface area contributed by atoms with Gasteiger partial charge in [0.1, 0.15) is 0 Å². The summed E-state index contributed by atoms with van der Waals surface area (Å²) in [5.41, 5.74) is -2.82. The molecule has 0 heterocycles. The van der Waals surface area contributed by atoms with Gasteiger partial charge in [0.2, 0.25) is 0 Å². The van der Waals surface area contributed by atoms with Gasteiger partial charge in [-0.1, -0.05) is 6.92 Å². The monoisotopic (exact) mass is 212 g/mol. The predicted molar refractivity (Wildman–Crippen MR) is 40.5 cm³/mol. The number of aliphatic carboxylic acids is 1. The molecule has 14 heavy (non-hydrogen) atoms. The van der Waals surface area contributed by atoms with Gasteiger partial charge in [-0.15, -0.1) is 0 Å². The summed E-state index contributed by atoms with van der Waals surface area (Å²) in [6.45, 7) is 1.41. The molecule has 0 saturated heterocycles. The van der Waals surface area contributed by atoms with Crippen LogP contribution in [0.2, 0.25) is 0 Å². The Labute approximate surface area is 78.5 Å². The van der Waals surface area contributed by atoms with Gasteiger partial charge in [0, 0.05) is 0 Å². The molecule has 0 bridgehead atoms. The second kappa shape index (κ2) is 3.12. The molecule has 6 heteroatoms. The SMILES string of the molecule is C[C@H]1CC(O)(C(F)(F)F)C[C@@H]1C(=O)O. The van der Waals surface area contributed by atoms with Crippen molar-refractivity contribution in [2.75, 3.05) is 0 Å². The number of aliphatic hydroxyl groups is 1. The molecule has 1 saturated carbocycles. The van der Waals surface area contributed by atoms with Crippen LogP contribution in [0.1, 0.15) is 19.8 Å². The average Bonchev–Trinajstić information content (AvgIpc) is 2.26. The molecule has 3 atom stereocenters. The van der Waals surface area contributed by atoms with E-state index in [-0.39, 0.29) is 0 Å². The van der Waals surface area contributed by atoms with Crippen LogP contribution >= 0.6 is 0 Å². The quantitative estimate of drug-likeness (QED) is 0.690. The van der Waals surface area contributed by atoms with Crippen LogP contribution in [0.15, 0.2) is 0 Å². The molecule has 1 fully saturated rings. The van der Waals surface area contributed by atoms with Crippen LogP contribution in [0.4, 0.5) is 13.2 Å². The van der Waals surface area contributed by atoms with Crippen LogP contribution in [-0.4, -0.2) is 28.0 Å². The first-order valence-corrected chi connectivity index (χ1v) is 4.19. The minimum absolute atomic E-state index is 0.534. The van der Waals surface area contributed by atoms with E-state index >= 15 is 0 Å². The Kier molecular flexibility index (Phi) is 2.51. The third kappa shape index (κ3) is 1.70. The summed E-state index contributed by atoms with van der Waals surface area (Å²) in [5.74, 6) is -3.04. The lowest BCUT2D eigenvalue weighted by atomic mass is 9.99. The maximum atomic E-state index is 12.3. The van der Waals surface area contributed by atoms with Gasteiger partial charge < -0.3 is 10.2 Å². The summed E-state index contributed by atoms with van der Waals surface area (Å²) in [6, 6.07) is 0. The lowest BCUT2D eigenvalue weighted by Crippen LogP contribution is -2.43. The molecule has 0 aromatic heterocycles. The Morgan fingerprint density at radius 1 is 1.43 bits per heavy atom. The van der Waals surface area contributed by atoms with E-state index in [2.05, 4.69) is 0 Å². The zero-order valence-electron chi connectivity index (χ0n) is 7.51. The van der Waals surface area contributed by atoms with Gasteiger partial charge in [0.05, 0.1) is 5.92 Å². The molecular formula is C8H11F3O3. The molecule has 1 unspecified atom stereocenters. The molecule has 0 aromatic carbocycles. The van der Waals surface area contributed by atoms with E-state index in [9.17, 15) is 23.1 Å². The molecule has 0 aliphatic heterocycles. The highest BCUT2D eigenvalue weighted by atomic mass is 19.4. The van der Waals surface area contributed by atoms with Gasteiger partial charge in [-0.3, -0.25) is 4.79 Å². The fourth-order valence-corrected chi connectivity index (χ4v) is 1.89. The molecule has 0 aromatic rings. The van der Waals surface area contributed by atoms with E-state index in [0.29, 0.717) is 0 Å². The van der Waals surface area contributed by atoms with Gasteiger partial charge in [0.25, 0.3) is 0 Å². The lowest BCUT2D eigenvalue weighted by Gasteiger charge is -2.25. The largest absolute Gasteiger partial charge is 0.481 e. The molecule has 0 amide bonds. The first-order chi connectivity index (χ1) is 6.17. The maximum absolute atomic E-state index is 12.3. The van der Waals surface area contributed by atoms with Gasteiger partial charge in [0.15, 0.2) is 5.60 Å². The molecule has 82 valence electrons. The van der Waals surface area contributed by atoms with E-state index in [1.807, 2.05) is 0 Å². The number of alkyl halides is 3.